The van der Waals surface area contributed by atoms with Crippen molar-refractivity contribution in [3.63, 3.8) is 0 Å². The lowest BCUT2D eigenvalue weighted by molar-refractivity contribution is -0.193. The van der Waals surface area contributed by atoms with Gasteiger partial charge in [0, 0.05) is 0 Å². The zero-order chi connectivity index (χ0) is 23.8. The molecule has 30 heavy (non-hydrogen) atoms. The van der Waals surface area contributed by atoms with E-state index < -0.39 is 85.9 Å². The van der Waals surface area contributed by atoms with Gasteiger partial charge in [-0.25, -0.2) is 19.2 Å². The Bertz CT molecular complexity index is 607. The molecule has 16 nitrogen and oxygen atoms in total. The lowest BCUT2D eigenvalue weighted by atomic mass is 10.0. The fraction of sp³-hybridized carbons (Fsp3) is 0.714. The van der Waals surface area contributed by atoms with Crippen molar-refractivity contribution < 1.29 is 79.7 Å². The SMILES string of the molecule is O=C(O)C(O)C(O)C(=O)OC[C@H](OC(=O)C(O)C(O)C(=O)O)[C@@H](O)[C@H](O)[C@H](O)CO. The third-order valence-corrected chi connectivity index (χ3v) is 3.56. The zero-order valence-electron chi connectivity index (χ0n) is 15.0. The van der Waals surface area contributed by atoms with Gasteiger partial charge in [-0.2, -0.15) is 0 Å². The molecule has 0 aliphatic rings. The Labute approximate surface area is 166 Å². The molecule has 0 radical (unpaired) electrons. The van der Waals surface area contributed by atoms with Crippen LogP contribution in [0.4, 0.5) is 0 Å². The van der Waals surface area contributed by atoms with Crippen LogP contribution in [0, 0.1) is 0 Å². The molecule has 0 aliphatic heterocycles. The summed E-state index contributed by atoms with van der Waals surface area (Å²) in [5.41, 5.74) is 0. The number of carboxylic acids is 2. The number of carbonyl (C=O) groups is 4. The van der Waals surface area contributed by atoms with Gasteiger partial charge in [-0.3, -0.25) is 0 Å². The average molecular weight is 446 g/mol. The highest BCUT2D eigenvalue weighted by molar-refractivity contribution is 5.85. The largest absolute Gasteiger partial charge is 0.479 e. The molecule has 0 rings (SSSR count). The second kappa shape index (κ2) is 12.3. The fourth-order valence-electron chi connectivity index (χ4n) is 1.75. The van der Waals surface area contributed by atoms with E-state index in [1.54, 1.807) is 0 Å². The van der Waals surface area contributed by atoms with E-state index in [1.807, 2.05) is 0 Å². The van der Waals surface area contributed by atoms with Crippen molar-refractivity contribution in [2.45, 2.75) is 48.8 Å². The van der Waals surface area contributed by atoms with E-state index in [-0.39, 0.29) is 0 Å². The molecule has 0 bridgehead atoms. The number of esters is 2. The molecule has 4 unspecified atom stereocenters. The number of aliphatic hydroxyl groups excluding tert-OH is 8. The quantitative estimate of drug-likeness (QED) is 0.118. The first-order chi connectivity index (χ1) is 13.8. The van der Waals surface area contributed by atoms with Gasteiger partial charge in [0.15, 0.2) is 30.5 Å². The van der Waals surface area contributed by atoms with E-state index in [0.717, 1.165) is 0 Å². The Morgan fingerprint density at radius 3 is 1.50 bits per heavy atom. The van der Waals surface area contributed by atoms with Crippen molar-refractivity contribution in [1.29, 1.82) is 0 Å². The first-order valence-electron chi connectivity index (χ1n) is 7.96. The van der Waals surface area contributed by atoms with Crippen LogP contribution in [-0.4, -0.2) is 137 Å². The number of hydrogen-bond donors (Lipinski definition) is 10. The van der Waals surface area contributed by atoms with Crippen LogP contribution >= 0.6 is 0 Å². The summed E-state index contributed by atoms with van der Waals surface area (Å²) in [4.78, 5) is 44.4. The Hall–Kier alpha value is -2.44. The minimum atomic E-state index is -2.70. The Kier molecular flexibility index (Phi) is 11.3. The van der Waals surface area contributed by atoms with Crippen LogP contribution in [0.2, 0.25) is 0 Å². The molecule has 10 N–H and O–H groups in total. The summed E-state index contributed by atoms with van der Waals surface area (Å²) < 4.78 is 8.79. The summed E-state index contributed by atoms with van der Waals surface area (Å²) in [6.45, 7) is -2.37. The number of aliphatic hydroxyl groups is 8. The second-order valence-corrected chi connectivity index (χ2v) is 5.79. The summed E-state index contributed by atoms with van der Waals surface area (Å²) in [7, 11) is 0. The number of ether oxygens (including phenoxy) is 2. The predicted molar refractivity (Wildman–Crippen MR) is 85.2 cm³/mol. The maximum absolute atomic E-state index is 11.7. The number of rotatable bonds is 13. The molecule has 0 fully saturated rings. The van der Waals surface area contributed by atoms with E-state index in [0.29, 0.717) is 0 Å². The highest BCUT2D eigenvalue weighted by Gasteiger charge is 2.39. The molecule has 8 atom stereocenters. The molecule has 0 aromatic rings. The van der Waals surface area contributed by atoms with Gasteiger partial charge in [0.05, 0.1) is 6.61 Å². The van der Waals surface area contributed by atoms with Crippen LogP contribution in [0.3, 0.4) is 0 Å². The third-order valence-electron chi connectivity index (χ3n) is 3.56. The number of carbonyl (C=O) groups excluding carboxylic acids is 2. The zero-order valence-corrected chi connectivity index (χ0v) is 15.0. The van der Waals surface area contributed by atoms with Crippen molar-refractivity contribution in [3.8, 4) is 0 Å². The van der Waals surface area contributed by atoms with Gasteiger partial charge in [-0.1, -0.05) is 0 Å². The topological polar surface area (TPSA) is 289 Å². The van der Waals surface area contributed by atoms with Gasteiger partial charge < -0.3 is 60.5 Å². The maximum atomic E-state index is 11.7. The van der Waals surface area contributed by atoms with E-state index in [9.17, 15) is 44.7 Å². The van der Waals surface area contributed by atoms with E-state index >= 15 is 0 Å². The summed E-state index contributed by atoms with van der Waals surface area (Å²) in [6, 6.07) is 0. The van der Waals surface area contributed by atoms with Gasteiger partial charge in [-0.05, 0) is 0 Å². The normalized spacial score (nSPS) is 19.3. The lowest BCUT2D eigenvalue weighted by Crippen LogP contribution is -2.51. The molecule has 0 amide bonds. The summed E-state index contributed by atoms with van der Waals surface area (Å²) in [5.74, 6) is -7.72. The van der Waals surface area contributed by atoms with Crippen LogP contribution in [0.15, 0.2) is 0 Å². The van der Waals surface area contributed by atoms with Crippen LogP contribution in [0.25, 0.3) is 0 Å². The number of hydrogen-bond acceptors (Lipinski definition) is 14. The van der Waals surface area contributed by atoms with Crippen molar-refractivity contribution in [2.24, 2.45) is 0 Å². The van der Waals surface area contributed by atoms with Gasteiger partial charge in [-0.15, -0.1) is 0 Å². The van der Waals surface area contributed by atoms with Crippen molar-refractivity contribution >= 4 is 23.9 Å². The van der Waals surface area contributed by atoms with Crippen LogP contribution in [-0.2, 0) is 28.7 Å². The Morgan fingerprint density at radius 2 is 1.10 bits per heavy atom. The molecule has 0 saturated heterocycles. The monoisotopic (exact) mass is 446 g/mol. The predicted octanol–water partition coefficient (Wildman–Crippen LogP) is -6.87. The number of carboxylic acid groups (broad SMARTS) is 2. The van der Waals surface area contributed by atoms with E-state index in [2.05, 4.69) is 9.47 Å². The van der Waals surface area contributed by atoms with Crippen LogP contribution in [0.1, 0.15) is 0 Å². The Morgan fingerprint density at radius 1 is 0.667 bits per heavy atom. The average Bonchev–Trinajstić information content (AvgIpc) is 2.71. The minimum Gasteiger partial charge on any atom is -0.479 e. The first kappa shape index (κ1) is 27.6. The van der Waals surface area contributed by atoms with Crippen molar-refractivity contribution in [3.05, 3.63) is 0 Å². The van der Waals surface area contributed by atoms with Gasteiger partial charge in [0.1, 0.15) is 24.9 Å². The molecular weight excluding hydrogens is 424 g/mol. The summed E-state index contributed by atoms with van der Waals surface area (Å²) in [5, 5.41) is 91.7. The summed E-state index contributed by atoms with van der Waals surface area (Å²) >= 11 is 0. The van der Waals surface area contributed by atoms with Crippen molar-refractivity contribution in [2.75, 3.05) is 13.2 Å². The second-order valence-electron chi connectivity index (χ2n) is 5.79. The molecule has 0 spiro atoms. The molecule has 0 heterocycles. The maximum Gasteiger partial charge on any atom is 0.338 e. The van der Waals surface area contributed by atoms with Crippen LogP contribution < -0.4 is 0 Å². The molecule has 0 aliphatic carbocycles. The Balaban J connectivity index is 5.39. The molecule has 0 saturated carbocycles. The molecule has 0 aromatic carbocycles. The van der Waals surface area contributed by atoms with Gasteiger partial charge in [0.25, 0.3) is 0 Å². The van der Waals surface area contributed by atoms with E-state index in [1.165, 1.54) is 0 Å². The highest BCUT2D eigenvalue weighted by atomic mass is 16.6. The molecule has 16 heteroatoms. The molecule has 174 valence electrons. The highest BCUT2D eigenvalue weighted by Crippen LogP contribution is 2.12. The summed E-state index contributed by atoms with van der Waals surface area (Å²) in [6.07, 6.45) is -19.4. The van der Waals surface area contributed by atoms with Gasteiger partial charge >= 0.3 is 23.9 Å². The smallest absolute Gasteiger partial charge is 0.338 e. The first-order valence-corrected chi connectivity index (χ1v) is 7.96. The van der Waals surface area contributed by atoms with Crippen molar-refractivity contribution in [1.82, 2.24) is 0 Å². The number of aliphatic carboxylic acids is 2. The van der Waals surface area contributed by atoms with Crippen LogP contribution in [0.5, 0.6) is 0 Å². The lowest BCUT2D eigenvalue weighted by Gasteiger charge is -2.29. The van der Waals surface area contributed by atoms with E-state index in [4.69, 9.17) is 25.5 Å². The minimum absolute atomic E-state index is 1.09. The third kappa shape index (κ3) is 7.76. The standard InChI is InChI=1S/C14H22O16/c15-1-3(16)5(17)6(18)4(30-14(28)10(22)8(20)12(25)26)2-29-13(27)9(21)7(19)11(23)24/h3-10,15-22H,1-2H2,(H,23,24)(H,25,26)/t3-,4+,5-,6-,7?,8?,9?,10?/m1/s1. The molecular formula is C14H22O16. The van der Waals surface area contributed by atoms with Gasteiger partial charge in [0.2, 0.25) is 0 Å². The molecule has 0 aromatic heterocycles. The fourth-order valence-corrected chi connectivity index (χ4v) is 1.75.